The summed E-state index contributed by atoms with van der Waals surface area (Å²) >= 11 is 0. The molecule has 1 saturated heterocycles. The van der Waals surface area contributed by atoms with Crippen LogP contribution in [0.25, 0.3) is 0 Å². The van der Waals surface area contributed by atoms with Gasteiger partial charge >= 0.3 is 12.1 Å². The van der Waals surface area contributed by atoms with Crippen LogP contribution in [-0.2, 0) is 17.4 Å². The molecule has 0 amide bonds. The highest BCUT2D eigenvalue weighted by Crippen LogP contribution is 2.31. The van der Waals surface area contributed by atoms with Crippen LogP contribution >= 0.6 is 0 Å². The fourth-order valence-electron chi connectivity index (χ4n) is 2.58. The van der Waals surface area contributed by atoms with Crippen molar-refractivity contribution in [1.82, 2.24) is 5.32 Å². The maximum Gasteiger partial charge on any atom is 0.416 e. The van der Waals surface area contributed by atoms with Gasteiger partial charge in [0.1, 0.15) is 5.54 Å². The Morgan fingerprint density at radius 2 is 2.10 bits per heavy atom. The van der Waals surface area contributed by atoms with Crippen LogP contribution in [0.1, 0.15) is 30.4 Å². The molecule has 0 aliphatic carbocycles. The summed E-state index contributed by atoms with van der Waals surface area (Å²) in [5, 5.41) is 12.4. The smallest absolute Gasteiger partial charge is 0.416 e. The van der Waals surface area contributed by atoms with Gasteiger partial charge in [0.15, 0.2) is 0 Å². The first kappa shape index (κ1) is 14.8. The molecule has 1 unspecified atom stereocenters. The minimum absolute atomic E-state index is 0.0618. The number of piperidine rings is 1. The van der Waals surface area contributed by atoms with Crippen molar-refractivity contribution in [2.45, 2.75) is 37.4 Å². The Morgan fingerprint density at radius 1 is 1.35 bits per heavy atom. The van der Waals surface area contributed by atoms with Crippen LogP contribution in [0, 0.1) is 0 Å². The SMILES string of the molecule is O=C(O)C1(Cc2cccc(C(F)(F)F)c2)CCCCN1. The van der Waals surface area contributed by atoms with E-state index in [4.69, 9.17) is 0 Å². The fourth-order valence-corrected chi connectivity index (χ4v) is 2.58. The van der Waals surface area contributed by atoms with Crippen molar-refractivity contribution >= 4 is 5.97 Å². The lowest BCUT2D eigenvalue weighted by atomic mass is 9.83. The van der Waals surface area contributed by atoms with E-state index in [1.54, 1.807) is 0 Å². The maximum atomic E-state index is 12.7. The molecule has 1 fully saturated rings. The Balaban J connectivity index is 2.25. The molecule has 3 nitrogen and oxygen atoms in total. The van der Waals surface area contributed by atoms with Gasteiger partial charge in [-0.25, -0.2) is 0 Å². The van der Waals surface area contributed by atoms with Gasteiger partial charge in [-0.05, 0) is 37.4 Å². The van der Waals surface area contributed by atoms with Gasteiger partial charge in [-0.2, -0.15) is 13.2 Å². The van der Waals surface area contributed by atoms with Crippen LogP contribution in [0.3, 0.4) is 0 Å². The van der Waals surface area contributed by atoms with E-state index in [2.05, 4.69) is 5.32 Å². The van der Waals surface area contributed by atoms with Crippen molar-refractivity contribution in [3.63, 3.8) is 0 Å². The zero-order valence-corrected chi connectivity index (χ0v) is 10.8. The molecule has 1 aliphatic heterocycles. The Hall–Kier alpha value is -1.56. The van der Waals surface area contributed by atoms with E-state index < -0.39 is 23.2 Å². The average molecular weight is 287 g/mol. The number of carbonyl (C=O) groups is 1. The van der Waals surface area contributed by atoms with E-state index in [-0.39, 0.29) is 6.42 Å². The van der Waals surface area contributed by atoms with Crippen molar-refractivity contribution in [3.8, 4) is 0 Å². The Morgan fingerprint density at radius 3 is 2.65 bits per heavy atom. The van der Waals surface area contributed by atoms with Gasteiger partial charge in [0.2, 0.25) is 0 Å². The number of rotatable bonds is 3. The number of aliphatic carboxylic acids is 1. The van der Waals surface area contributed by atoms with Crippen molar-refractivity contribution in [2.24, 2.45) is 0 Å². The number of carboxylic acids is 1. The zero-order valence-electron chi connectivity index (χ0n) is 10.8. The average Bonchev–Trinajstić information content (AvgIpc) is 2.39. The molecule has 6 heteroatoms. The van der Waals surface area contributed by atoms with Crippen LogP contribution in [0.5, 0.6) is 0 Å². The Labute approximate surface area is 114 Å². The van der Waals surface area contributed by atoms with E-state index in [0.717, 1.165) is 25.0 Å². The number of hydrogen-bond donors (Lipinski definition) is 2. The molecule has 0 bridgehead atoms. The minimum atomic E-state index is -4.41. The third kappa shape index (κ3) is 3.12. The van der Waals surface area contributed by atoms with Gasteiger partial charge in [-0.3, -0.25) is 4.79 Å². The molecule has 2 N–H and O–H groups in total. The summed E-state index contributed by atoms with van der Waals surface area (Å²) in [6.07, 6.45) is -2.27. The second kappa shape index (κ2) is 5.44. The molecule has 0 aromatic heterocycles. The quantitative estimate of drug-likeness (QED) is 0.898. The molecular formula is C14H16F3NO2. The van der Waals surface area contributed by atoms with E-state index >= 15 is 0 Å². The normalized spacial score (nSPS) is 23.6. The van der Waals surface area contributed by atoms with Gasteiger partial charge in [0.25, 0.3) is 0 Å². The van der Waals surface area contributed by atoms with Crippen molar-refractivity contribution in [1.29, 1.82) is 0 Å². The van der Waals surface area contributed by atoms with Gasteiger partial charge in [0, 0.05) is 6.42 Å². The number of carboxylic acid groups (broad SMARTS) is 1. The summed E-state index contributed by atoms with van der Waals surface area (Å²) in [4.78, 5) is 11.5. The van der Waals surface area contributed by atoms with E-state index in [1.807, 2.05) is 0 Å². The summed E-state index contributed by atoms with van der Waals surface area (Å²) in [5.74, 6) is -1.00. The molecule has 0 radical (unpaired) electrons. The summed E-state index contributed by atoms with van der Waals surface area (Å²) in [6, 6.07) is 4.87. The third-order valence-electron chi connectivity index (χ3n) is 3.66. The summed E-state index contributed by atoms with van der Waals surface area (Å²) in [6.45, 7) is 0.575. The first-order chi connectivity index (χ1) is 9.33. The monoisotopic (exact) mass is 287 g/mol. The Bertz CT molecular complexity index is 493. The zero-order chi connectivity index (χ0) is 14.8. The Kier molecular flexibility index (Phi) is 4.04. The number of nitrogens with one attached hydrogen (secondary N) is 1. The largest absolute Gasteiger partial charge is 0.480 e. The first-order valence-corrected chi connectivity index (χ1v) is 6.48. The molecule has 1 atom stereocenters. The maximum absolute atomic E-state index is 12.7. The van der Waals surface area contributed by atoms with Crippen LogP contribution in [0.2, 0.25) is 0 Å². The molecule has 0 spiro atoms. The predicted octanol–water partition coefficient (Wildman–Crippen LogP) is 2.84. The fraction of sp³-hybridized carbons (Fsp3) is 0.500. The van der Waals surface area contributed by atoms with Gasteiger partial charge in [0.05, 0.1) is 5.56 Å². The second-order valence-electron chi connectivity index (χ2n) is 5.15. The van der Waals surface area contributed by atoms with E-state index in [1.165, 1.54) is 12.1 Å². The van der Waals surface area contributed by atoms with Gasteiger partial charge < -0.3 is 10.4 Å². The lowest BCUT2D eigenvalue weighted by molar-refractivity contribution is -0.146. The predicted molar refractivity (Wildman–Crippen MR) is 67.4 cm³/mol. The second-order valence-corrected chi connectivity index (χ2v) is 5.15. The molecule has 1 heterocycles. The van der Waals surface area contributed by atoms with Crippen molar-refractivity contribution in [2.75, 3.05) is 6.54 Å². The van der Waals surface area contributed by atoms with Crippen LogP contribution in [0.4, 0.5) is 13.2 Å². The van der Waals surface area contributed by atoms with Gasteiger partial charge in [-0.1, -0.05) is 18.2 Å². The van der Waals surface area contributed by atoms with Crippen molar-refractivity contribution < 1.29 is 23.1 Å². The first-order valence-electron chi connectivity index (χ1n) is 6.48. The molecule has 1 aromatic rings. The summed E-state index contributed by atoms with van der Waals surface area (Å²) in [5.41, 5.74) is -1.51. The highest BCUT2D eigenvalue weighted by Gasteiger charge is 2.40. The molecule has 1 aliphatic rings. The summed E-state index contributed by atoms with van der Waals surface area (Å²) in [7, 11) is 0. The number of alkyl halides is 3. The molecule has 1 aromatic carbocycles. The number of benzene rings is 1. The molecule has 0 saturated carbocycles. The highest BCUT2D eigenvalue weighted by atomic mass is 19.4. The summed E-state index contributed by atoms with van der Waals surface area (Å²) < 4.78 is 38.0. The molecule has 20 heavy (non-hydrogen) atoms. The molecule has 2 rings (SSSR count). The van der Waals surface area contributed by atoms with Gasteiger partial charge in [-0.15, -0.1) is 0 Å². The molecule has 110 valence electrons. The van der Waals surface area contributed by atoms with Crippen LogP contribution < -0.4 is 5.32 Å². The third-order valence-corrected chi connectivity index (χ3v) is 3.66. The number of hydrogen-bond acceptors (Lipinski definition) is 2. The molecular weight excluding hydrogens is 271 g/mol. The highest BCUT2D eigenvalue weighted by molar-refractivity contribution is 5.79. The number of halogens is 3. The lowest BCUT2D eigenvalue weighted by Gasteiger charge is -2.34. The van der Waals surface area contributed by atoms with Crippen LogP contribution in [-0.4, -0.2) is 23.2 Å². The minimum Gasteiger partial charge on any atom is -0.480 e. The standard InChI is InChI=1S/C14H16F3NO2/c15-14(16,17)11-5-3-4-10(8-11)9-13(12(19)20)6-1-2-7-18-13/h3-5,8,18H,1-2,6-7,9H2,(H,19,20). The lowest BCUT2D eigenvalue weighted by Crippen LogP contribution is -2.56. The van der Waals surface area contributed by atoms with Crippen LogP contribution in [0.15, 0.2) is 24.3 Å². The van der Waals surface area contributed by atoms with E-state index in [0.29, 0.717) is 18.5 Å². The topological polar surface area (TPSA) is 49.3 Å². The van der Waals surface area contributed by atoms with Crippen molar-refractivity contribution in [3.05, 3.63) is 35.4 Å². The van der Waals surface area contributed by atoms with E-state index in [9.17, 15) is 23.1 Å².